The van der Waals surface area contributed by atoms with Crippen LogP contribution in [0, 0.1) is 0 Å². The largest absolute Gasteiger partial charge is 0.496 e. The van der Waals surface area contributed by atoms with Crippen molar-refractivity contribution in [1.29, 1.82) is 0 Å². The predicted molar refractivity (Wildman–Crippen MR) is 82.6 cm³/mol. The van der Waals surface area contributed by atoms with Gasteiger partial charge in [0.2, 0.25) is 0 Å². The van der Waals surface area contributed by atoms with Crippen LogP contribution < -0.4 is 4.74 Å². The van der Waals surface area contributed by atoms with E-state index >= 15 is 0 Å². The average molecular weight is 300 g/mol. The lowest BCUT2D eigenvalue weighted by Gasteiger charge is -2.06. The molecule has 0 atom stereocenters. The Bertz CT molecular complexity index is 755. The second kappa shape index (κ2) is 5.97. The van der Waals surface area contributed by atoms with E-state index in [1.807, 2.05) is 36.4 Å². The molecule has 3 aromatic rings. The first-order valence-electron chi connectivity index (χ1n) is 6.54. The highest BCUT2D eigenvalue weighted by Crippen LogP contribution is 2.27. The molecule has 0 aliphatic rings. The van der Waals surface area contributed by atoms with Crippen LogP contribution in [0.4, 0.5) is 0 Å². The summed E-state index contributed by atoms with van der Waals surface area (Å²) in [6.45, 7) is 0. The number of nitrogens with zero attached hydrogens (tertiary/aromatic N) is 2. The van der Waals surface area contributed by atoms with Gasteiger partial charge in [-0.05, 0) is 18.2 Å². The fourth-order valence-corrected chi connectivity index (χ4v) is 2.44. The zero-order chi connectivity index (χ0) is 14.7. The van der Waals surface area contributed by atoms with Crippen molar-refractivity contribution < 1.29 is 4.74 Å². The summed E-state index contributed by atoms with van der Waals surface area (Å²) in [5, 5.41) is 7.96. The molecule has 0 amide bonds. The van der Waals surface area contributed by atoms with Crippen LogP contribution in [0.25, 0.3) is 11.3 Å². The molecule has 5 heteroatoms. The number of rotatable bonds is 4. The molecule has 2 heterocycles. The molecular weight excluding hydrogens is 286 g/mol. The number of aromatic amines is 1. The summed E-state index contributed by atoms with van der Waals surface area (Å²) < 4.78 is 5.36. The molecule has 0 fully saturated rings. The number of hydrogen-bond donors (Lipinski definition) is 1. The van der Waals surface area contributed by atoms with Gasteiger partial charge in [-0.1, -0.05) is 29.8 Å². The van der Waals surface area contributed by atoms with Crippen LogP contribution in [0.5, 0.6) is 5.75 Å². The summed E-state index contributed by atoms with van der Waals surface area (Å²) in [4.78, 5) is 3.98. The van der Waals surface area contributed by atoms with Crippen molar-refractivity contribution in [3.63, 3.8) is 0 Å². The number of pyridine rings is 1. The van der Waals surface area contributed by atoms with E-state index in [1.165, 1.54) is 0 Å². The van der Waals surface area contributed by atoms with Crippen molar-refractivity contribution in [3.8, 4) is 17.0 Å². The van der Waals surface area contributed by atoms with Crippen LogP contribution in [0.15, 0.2) is 48.8 Å². The molecule has 106 valence electrons. The Morgan fingerprint density at radius 3 is 2.90 bits per heavy atom. The van der Waals surface area contributed by atoms with Gasteiger partial charge < -0.3 is 4.74 Å². The van der Waals surface area contributed by atoms with Gasteiger partial charge in [-0.3, -0.25) is 10.1 Å². The Labute approximate surface area is 127 Å². The Morgan fingerprint density at radius 1 is 1.24 bits per heavy atom. The van der Waals surface area contributed by atoms with E-state index in [1.54, 1.807) is 19.5 Å². The second-order valence-electron chi connectivity index (χ2n) is 4.62. The van der Waals surface area contributed by atoms with Crippen molar-refractivity contribution in [3.05, 3.63) is 65.1 Å². The van der Waals surface area contributed by atoms with Gasteiger partial charge in [0.25, 0.3) is 0 Å². The molecule has 0 aliphatic heterocycles. The number of benzene rings is 1. The average Bonchev–Trinajstić information content (AvgIpc) is 2.96. The molecule has 0 unspecified atom stereocenters. The molecule has 21 heavy (non-hydrogen) atoms. The molecule has 4 nitrogen and oxygen atoms in total. The third kappa shape index (κ3) is 2.90. The van der Waals surface area contributed by atoms with E-state index in [0.717, 1.165) is 34.7 Å². The molecule has 0 bridgehead atoms. The highest BCUT2D eigenvalue weighted by atomic mass is 35.5. The van der Waals surface area contributed by atoms with Gasteiger partial charge in [0.05, 0.1) is 17.8 Å². The van der Waals surface area contributed by atoms with Crippen LogP contribution in [-0.4, -0.2) is 22.3 Å². The van der Waals surface area contributed by atoms with Gasteiger partial charge in [0.1, 0.15) is 5.75 Å². The number of methoxy groups -OCH3 is 1. The molecule has 1 aromatic carbocycles. The highest BCUT2D eigenvalue weighted by molar-refractivity contribution is 6.33. The lowest BCUT2D eigenvalue weighted by atomic mass is 10.1. The maximum Gasteiger partial charge on any atom is 0.122 e. The van der Waals surface area contributed by atoms with Crippen molar-refractivity contribution >= 4 is 11.6 Å². The molecule has 0 spiro atoms. The lowest BCUT2D eigenvalue weighted by Crippen LogP contribution is -1.93. The standard InChI is InChI=1S/C16H14ClN3O/c1-21-16-5-3-2-4-11(16)8-12-9-15(20-19-12)13-6-7-18-10-14(13)17/h2-7,9-10H,8H2,1H3,(H,19,20). The van der Waals surface area contributed by atoms with Gasteiger partial charge in [0.15, 0.2) is 0 Å². The minimum Gasteiger partial charge on any atom is -0.496 e. The summed E-state index contributed by atoms with van der Waals surface area (Å²) >= 11 is 6.14. The number of halogens is 1. The van der Waals surface area contributed by atoms with Crippen LogP contribution in [0.2, 0.25) is 5.02 Å². The number of hydrogen-bond acceptors (Lipinski definition) is 3. The SMILES string of the molecule is COc1ccccc1Cc1cc(-c2ccncc2Cl)n[nH]1. The zero-order valence-electron chi connectivity index (χ0n) is 11.5. The minimum absolute atomic E-state index is 0.591. The normalized spacial score (nSPS) is 10.6. The molecular formula is C16H14ClN3O. The molecule has 2 aromatic heterocycles. The molecule has 0 saturated heterocycles. The van der Waals surface area contributed by atoms with E-state index in [-0.39, 0.29) is 0 Å². The van der Waals surface area contributed by atoms with Crippen molar-refractivity contribution in [2.24, 2.45) is 0 Å². The number of aromatic nitrogens is 3. The Balaban J connectivity index is 1.87. The molecule has 0 aliphatic carbocycles. The summed E-state index contributed by atoms with van der Waals surface area (Å²) in [6, 6.07) is 11.8. The number of nitrogens with one attached hydrogen (secondary N) is 1. The number of H-pyrrole nitrogens is 1. The van der Waals surface area contributed by atoms with Gasteiger partial charge in [-0.15, -0.1) is 0 Å². The van der Waals surface area contributed by atoms with Gasteiger partial charge in [-0.2, -0.15) is 5.10 Å². The Hall–Kier alpha value is -2.33. The van der Waals surface area contributed by atoms with Gasteiger partial charge >= 0.3 is 0 Å². The third-order valence-electron chi connectivity index (χ3n) is 3.25. The first kappa shape index (κ1) is 13.6. The van der Waals surface area contributed by atoms with Crippen LogP contribution >= 0.6 is 11.6 Å². The first-order valence-corrected chi connectivity index (χ1v) is 6.92. The fourth-order valence-electron chi connectivity index (χ4n) is 2.23. The molecule has 0 saturated carbocycles. The quantitative estimate of drug-likeness (QED) is 0.798. The molecule has 0 radical (unpaired) electrons. The van der Waals surface area contributed by atoms with E-state index < -0.39 is 0 Å². The minimum atomic E-state index is 0.591. The fraction of sp³-hybridized carbons (Fsp3) is 0.125. The van der Waals surface area contributed by atoms with Crippen molar-refractivity contribution in [2.75, 3.05) is 7.11 Å². The van der Waals surface area contributed by atoms with Gasteiger partial charge in [0, 0.05) is 35.6 Å². The van der Waals surface area contributed by atoms with E-state index in [2.05, 4.69) is 15.2 Å². The summed E-state index contributed by atoms with van der Waals surface area (Å²) in [5.41, 5.74) is 3.79. The van der Waals surface area contributed by atoms with E-state index in [4.69, 9.17) is 16.3 Å². The van der Waals surface area contributed by atoms with Crippen molar-refractivity contribution in [1.82, 2.24) is 15.2 Å². The van der Waals surface area contributed by atoms with Crippen molar-refractivity contribution in [2.45, 2.75) is 6.42 Å². The van der Waals surface area contributed by atoms with Gasteiger partial charge in [-0.25, -0.2) is 0 Å². The number of para-hydroxylation sites is 1. The number of ether oxygens (including phenoxy) is 1. The van der Waals surface area contributed by atoms with Crippen LogP contribution in [0.3, 0.4) is 0 Å². The monoisotopic (exact) mass is 299 g/mol. The smallest absolute Gasteiger partial charge is 0.122 e. The zero-order valence-corrected chi connectivity index (χ0v) is 12.3. The predicted octanol–water partition coefficient (Wildman–Crippen LogP) is 3.72. The lowest BCUT2D eigenvalue weighted by molar-refractivity contribution is 0.410. The maximum atomic E-state index is 6.14. The summed E-state index contributed by atoms with van der Waals surface area (Å²) in [6.07, 6.45) is 4.04. The van der Waals surface area contributed by atoms with E-state index in [9.17, 15) is 0 Å². The third-order valence-corrected chi connectivity index (χ3v) is 3.55. The van der Waals surface area contributed by atoms with Crippen LogP contribution in [0.1, 0.15) is 11.3 Å². The topological polar surface area (TPSA) is 50.8 Å². The highest BCUT2D eigenvalue weighted by Gasteiger charge is 2.09. The molecule has 1 N–H and O–H groups in total. The summed E-state index contributed by atoms with van der Waals surface area (Å²) in [5.74, 6) is 0.871. The van der Waals surface area contributed by atoms with Crippen LogP contribution in [-0.2, 0) is 6.42 Å². The molecule has 3 rings (SSSR count). The Morgan fingerprint density at radius 2 is 2.10 bits per heavy atom. The summed E-state index contributed by atoms with van der Waals surface area (Å²) in [7, 11) is 1.67. The maximum absolute atomic E-state index is 6.14. The van der Waals surface area contributed by atoms with E-state index in [0.29, 0.717) is 5.02 Å². The second-order valence-corrected chi connectivity index (χ2v) is 5.03. The Kier molecular flexibility index (Phi) is 3.88. The first-order chi connectivity index (χ1) is 10.3.